The van der Waals surface area contributed by atoms with Crippen molar-refractivity contribution in [1.29, 1.82) is 0 Å². The fraction of sp³-hybridized carbons (Fsp3) is 0.714. The van der Waals surface area contributed by atoms with Crippen LogP contribution < -0.4 is 5.32 Å². The number of nitrogens with one attached hydrogen (secondary N) is 2. The SMILES string of the molecule is Cc1n[nH]c(C)c1CCNC(=O)C1CCCCC1. The van der Waals surface area contributed by atoms with Crippen molar-refractivity contribution in [1.82, 2.24) is 15.5 Å². The molecule has 1 aromatic heterocycles. The van der Waals surface area contributed by atoms with E-state index < -0.39 is 0 Å². The van der Waals surface area contributed by atoms with Gasteiger partial charge in [0.05, 0.1) is 5.69 Å². The molecule has 18 heavy (non-hydrogen) atoms. The lowest BCUT2D eigenvalue weighted by molar-refractivity contribution is -0.125. The molecule has 1 aliphatic rings. The lowest BCUT2D eigenvalue weighted by atomic mass is 9.88. The highest BCUT2D eigenvalue weighted by molar-refractivity contribution is 5.78. The number of aryl methyl sites for hydroxylation is 2. The van der Waals surface area contributed by atoms with E-state index in [-0.39, 0.29) is 11.8 Å². The van der Waals surface area contributed by atoms with Crippen LogP contribution in [-0.2, 0) is 11.2 Å². The van der Waals surface area contributed by atoms with Gasteiger partial charge in [-0.3, -0.25) is 9.89 Å². The first kappa shape index (κ1) is 13.1. The second-order valence-corrected chi connectivity index (χ2v) is 5.29. The van der Waals surface area contributed by atoms with Crippen molar-refractivity contribution in [2.24, 2.45) is 5.92 Å². The fourth-order valence-electron chi connectivity index (χ4n) is 2.76. The van der Waals surface area contributed by atoms with Gasteiger partial charge in [-0.25, -0.2) is 0 Å². The molecule has 1 saturated carbocycles. The van der Waals surface area contributed by atoms with E-state index in [2.05, 4.69) is 15.5 Å². The van der Waals surface area contributed by atoms with Crippen LogP contribution in [0.25, 0.3) is 0 Å². The van der Waals surface area contributed by atoms with E-state index in [0.717, 1.165) is 37.2 Å². The molecule has 0 atom stereocenters. The van der Waals surface area contributed by atoms with Crippen molar-refractivity contribution in [3.05, 3.63) is 17.0 Å². The summed E-state index contributed by atoms with van der Waals surface area (Å²) < 4.78 is 0. The van der Waals surface area contributed by atoms with Crippen LogP contribution in [-0.4, -0.2) is 22.6 Å². The van der Waals surface area contributed by atoms with Crippen molar-refractivity contribution < 1.29 is 4.79 Å². The van der Waals surface area contributed by atoms with Crippen LogP contribution in [0.3, 0.4) is 0 Å². The average molecular weight is 249 g/mol. The molecule has 100 valence electrons. The molecule has 1 heterocycles. The number of amides is 1. The minimum absolute atomic E-state index is 0.244. The second kappa shape index (κ2) is 6.03. The molecule has 0 saturated heterocycles. The van der Waals surface area contributed by atoms with Crippen molar-refractivity contribution in [2.75, 3.05) is 6.54 Å². The van der Waals surface area contributed by atoms with Gasteiger partial charge in [0.25, 0.3) is 0 Å². The first-order valence-corrected chi connectivity index (χ1v) is 6.96. The van der Waals surface area contributed by atoms with Gasteiger partial charge in [-0.1, -0.05) is 19.3 Å². The molecule has 0 aromatic carbocycles. The number of hydrogen-bond donors (Lipinski definition) is 2. The van der Waals surface area contributed by atoms with Gasteiger partial charge in [-0.05, 0) is 38.7 Å². The fourth-order valence-corrected chi connectivity index (χ4v) is 2.76. The maximum absolute atomic E-state index is 12.0. The Hall–Kier alpha value is -1.32. The standard InChI is InChI=1S/C14H23N3O/c1-10-13(11(2)17-16-10)8-9-15-14(18)12-6-4-3-5-7-12/h12H,3-9H2,1-2H3,(H,15,18)(H,16,17). The molecule has 4 heteroatoms. The summed E-state index contributed by atoms with van der Waals surface area (Å²) >= 11 is 0. The Kier molecular flexibility index (Phi) is 4.39. The number of aromatic amines is 1. The van der Waals surface area contributed by atoms with Crippen molar-refractivity contribution in [3.63, 3.8) is 0 Å². The second-order valence-electron chi connectivity index (χ2n) is 5.29. The number of carbonyl (C=O) groups is 1. The summed E-state index contributed by atoms with van der Waals surface area (Å²) in [7, 11) is 0. The number of H-pyrrole nitrogens is 1. The van der Waals surface area contributed by atoms with E-state index in [1.807, 2.05) is 13.8 Å². The zero-order chi connectivity index (χ0) is 13.0. The lowest BCUT2D eigenvalue weighted by Crippen LogP contribution is -2.33. The molecule has 0 unspecified atom stereocenters. The molecule has 0 aliphatic heterocycles. The Morgan fingerprint density at radius 3 is 2.67 bits per heavy atom. The molecule has 2 N–H and O–H groups in total. The molecule has 1 aliphatic carbocycles. The van der Waals surface area contributed by atoms with Gasteiger partial charge >= 0.3 is 0 Å². The Bertz CT molecular complexity index is 386. The lowest BCUT2D eigenvalue weighted by Gasteiger charge is -2.20. The van der Waals surface area contributed by atoms with Crippen LogP contribution >= 0.6 is 0 Å². The topological polar surface area (TPSA) is 57.8 Å². The number of aromatic nitrogens is 2. The molecule has 0 radical (unpaired) electrons. The molecule has 2 rings (SSSR count). The van der Waals surface area contributed by atoms with E-state index in [1.165, 1.54) is 24.8 Å². The Balaban J connectivity index is 1.76. The molecule has 0 bridgehead atoms. The maximum Gasteiger partial charge on any atom is 0.223 e. The highest BCUT2D eigenvalue weighted by Gasteiger charge is 2.20. The third-order valence-electron chi connectivity index (χ3n) is 3.93. The summed E-state index contributed by atoms with van der Waals surface area (Å²) in [4.78, 5) is 12.0. The van der Waals surface area contributed by atoms with Crippen LogP contribution in [0.2, 0.25) is 0 Å². The monoisotopic (exact) mass is 249 g/mol. The van der Waals surface area contributed by atoms with Crippen molar-refractivity contribution in [2.45, 2.75) is 52.4 Å². The minimum atomic E-state index is 0.244. The van der Waals surface area contributed by atoms with Crippen LogP contribution in [0.1, 0.15) is 49.1 Å². The normalized spacial score (nSPS) is 16.8. The van der Waals surface area contributed by atoms with Gasteiger partial charge in [0.15, 0.2) is 0 Å². The molecular weight excluding hydrogens is 226 g/mol. The van der Waals surface area contributed by atoms with E-state index in [4.69, 9.17) is 0 Å². The largest absolute Gasteiger partial charge is 0.356 e. The summed E-state index contributed by atoms with van der Waals surface area (Å²) in [6.07, 6.45) is 6.70. The van der Waals surface area contributed by atoms with Crippen LogP contribution in [0.5, 0.6) is 0 Å². The predicted octanol–water partition coefficient (Wildman–Crippen LogP) is 2.27. The Morgan fingerprint density at radius 1 is 1.33 bits per heavy atom. The summed E-state index contributed by atoms with van der Waals surface area (Å²) in [5, 5.41) is 10.2. The third-order valence-corrected chi connectivity index (χ3v) is 3.93. The van der Waals surface area contributed by atoms with Crippen molar-refractivity contribution >= 4 is 5.91 Å². The van der Waals surface area contributed by atoms with Crippen LogP contribution in [0.4, 0.5) is 0 Å². The number of nitrogens with zero attached hydrogens (tertiary/aromatic N) is 1. The average Bonchev–Trinajstić information content (AvgIpc) is 2.71. The Morgan fingerprint density at radius 2 is 2.06 bits per heavy atom. The predicted molar refractivity (Wildman–Crippen MR) is 71.4 cm³/mol. The number of carbonyl (C=O) groups excluding carboxylic acids is 1. The van der Waals surface area contributed by atoms with Gasteiger partial charge in [-0.15, -0.1) is 0 Å². The highest BCUT2D eigenvalue weighted by atomic mass is 16.1. The van der Waals surface area contributed by atoms with Gasteiger partial charge in [0.2, 0.25) is 5.91 Å². The molecule has 1 fully saturated rings. The van der Waals surface area contributed by atoms with E-state index in [9.17, 15) is 4.79 Å². The van der Waals surface area contributed by atoms with Gasteiger partial charge in [0, 0.05) is 18.2 Å². The summed E-state index contributed by atoms with van der Waals surface area (Å²) in [5.41, 5.74) is 3.39. The first-order chi connectivity index (χ1) is 8.68. The summed E-state index contributed by atoms with van der Waals surface area (Å²) in [6, 6.07) is 0. The van der Waals surface area contributed by atoms with Gasteiger partial charge < -0.3 is 5.32 Å². The zero-order valence-corrected chi connectivity index (χ0v) is 11.4. The summed E-state index contributed by atoms with van der Waals surface area (Å²) in [5.74, 6) is 0.499. The molecule has 1 aromatic rings. The molecule has 1 amide bonds. The minimum Gasteiger partial charge on any atom is -0.356 e. The van der Waals surface area contributed by atoms with Crippen molar-refractivity contribution in [3.8, 4) is 0 Å². The van der Waals surface area contributed by atoms with Crippen LogP contribution in [0.15, 0.2) is 0 Å². The quantitative estimate of drug-likeness (QED) is 0.860. The van der Waals surface area contributed by atoms with E-state index in [1.54, 1.807) is 0 Å². The van der Waals surface area contributed by atoms with Gasteiger partial charge in [0.1, 0.15) is 0 Å². The summed E-state index contributed by atoms with van der Waals surface area (Å²) in [6.45, 7) is 4.75. The first-order valence-electron chi connectivity index (χ1n) is 6.96. The highest BCUT2D eigenvalue weighted by Crippen LogP contribution is 2.23. The smallest absolute Gasteiger partial charge is 0.223 e. The zero-order valence-electron chi connectivity index (χ0n) is 11.4. The van der Waals surface area contributed by atoms with E-state index in [0.29, 0.717) is 0 Å². The number of rotatable bonds is 4. The maximum atomic E-state index is 12.0. The van der Waals surface area contributed by atoms with Crippen LogP contribution in [0, 0.1) is 19.8 Å². The molecular formula is C14H23N3O. The van der Waals surface area contributed by atoms with Gasteiger partial charge in [-0.2, -0.15) is 5.10 Å². The third kappa shape index (κ3) is 3.12. The molecule has 4 nitrogen and oxygen atoms in total. The van der Waals surface area contributed by atoms with E-state index >= 15 is 0 Å². The number of hydrogen-bond acceptors (Lipinski definition) is 2. The Labute approximate surface area is 109 Å². The molecule has 0 spiro atoms.